The van der Waals surface area contributed by atoms with Gasteiger partial charge < -0.3 is 10.1 Å². The zero-order chi connectivity index (χ0) is 16.1. The first-order valence-electron chi connectivity index (χ1n) is 6.35. The average Bonchev–Trinajstić information content (AvgIpc) is 2.49. The molecule has 0 spiro atoms. The monoisotopic (exact) mass is 401 g/mol. The first kappa shape index (κ1) is 17.1. The number of methoxy groups -OCH3 is 1. The molecule has 1 N–H and O–H groups in total. The Bertz CT molecular complexity index is 700. The number of amides is 1. The molecule has 1 aromatic heterocycles. The highest BCUT2D eigenvalue weighted by Crippen LogP contribution is 2.28. The zero-order valence-corrected chi connectivity index (χ0v) is 15.1. The van der Waals surface area contributed by atoms with E-state index in [4.69, 9.17) is 16.3 Å². The molecule has 2 aromatic rings. The number of aromatic nitrogens is 2. The van der Waals surface area contributed by atoms with E-state index in [1.807, 2.05) is 6.92 Å². The summed E-state index contributed by atoms with van der Waals surface area (Å²) < 4.78 is 5.61. The Morgan fingerprint density at radius 3 is 2.91 bits per heavy atom. The van der Waals surface area contributed by atoms with Crippen LogP contribution in [0.4, 0.5) is 5.69 Å². The highest BCUT2D eigenvalue weighted by molar-refractivity contribution is 9.10. The molecular formula is C14H13BrClN3O2S. The van der Waals surface area contributed by atoms with E-state index < -0.39 is 0 Å². The van der Waals surface area contributed by atoms with Crippen LogP contribution in [-0.4, -0.2) is 28.7 Å². The van der Waals surface area contributed by atoms with Crippen molar-refractivity contribution in [3.05, 3.63) is 39.6 Å². The van der Waals surface area contributed by atoms with E-state index in [1.54, 1.807) is 24.4 Å². The Balaban J connectivity index is 2.21. The van der Waals surface area contributed by atoms with Crippen LogP contribution in [-0.2, 0) is 0 Å². The normalized spacial score (nSPS) is 10.4. The molecule has 0 atom stereocenters. The van der Waals surface area contributed by atoms with Crippen molar-refractivity contribution in [2.24, 2.45) is 0 Å². The molecule has 0 unspecified atom stereocenters. The predicted molar refractivity (Wildman–Crippen MR) is 92.1 cm³/mol. The Hall–Kier alpha value is -1.31. The third-order valence-corrected chi connectivity index (χ3v) is 4.24. The van der Waals surface area contributed by atoms with Gasteiger partial charge in [-0.1, -0.05) is 30.3 Å². The van der Waals surface area contributed by atoms with Gasteiger partial charge in [0.05, 0.1) is 16.6 Å². The van der Waals surface area contributed by atoms with Gasteiger partial charge in [0.2, 0.25) is 0 Å². The molecule has 1 amide bonds. The van der Waals surface area contributed by atoms with Crippen molar-refractivity contribution in [3.8, 4) is 5.75 Å². The van der Waals surface area contributed by atoms with E-state index in [-0.39, 0.29) is 11.6 Å². The second kappa shape index (κ2) is 7.80. The molecule has 116 valence electrons. The average molecular weight is 403 g/mol. The van der Waals surface area contributed by atoms with E-state index in [2.05, 4.69) is 31.2 Å². The molecule has 0 bridgehead atoms. The van der Waals surface area contributed by atoms with Crippen LogP contribution in [0.1, 0.15) is 17.4 Å². The number of rotatable bonds is 5. The topological polar surface area (TPSA) is 64.1 Å². The van der Waals surface area contributed by atoms with Crippen LogP contribution in [0, 0.1) is 0 Å². The number of carbonyl (C=O) groups is 1. The number of benzene rings is 1. The van der Waals surface area contributed by atoms with Crippen LogP contribution in [0.2, 0.25) is 5.02 Å². The quantitative estimate of drug-likeness (QED) is 0.598. The highest BCUT2D eigenvalue weighted by Gasteiger charge is 2.15. The molecule has 0 aliphatic rings. The van der Waals surface area contributed by atoms with Gasteiger partial charge in [-0.15, -0.1) is 0 Å². The third-order valence-electron chi connectivity index (χ3n) is 2.62. The standard InChI is InChI=1S/C14H13BrClN3O2S/c1-3-22-14-17-7-9(15)12(19-14)13(20)18-8-4-5-11(21-2)10(16)6-8/h4-7H,3H2,1-2H3,(H,18,20). The highest BCUT2D eigenvalue weighted by atomic mass is 79.9. The zero-order valence-electron chi connectivity index (χ0n) is 11.9. The van der Waals surface area contributed by atoms with E-state index in [9.17, 15) is 4.79 Å². The minimum atomic E-state index is -0.339. The molecule has 0 fully saturated rings. The Kier molecular flexibility index (Phi) is 6.05. The van der Waals surface area contributed by atoms with Crippen molar-refractivity contribution in [1.82, 2.24) is 9.97 Å². The maximum absolute atomic E-state index is 12.3. The summed E-state index contributed by atoms with van der Waals surface area (Å²) in [5.74, 6) is 1.04. The van der Waals surface area contributed by atoms with E-state index in [1.165, 1.54) is 18.9 Å². The van der Waals surface area contributed by atoms with Crippen molar-refractivity contribution in [2.75, 3.05) is 18.2 Å². The fourth-order valence-electron chi connectivity index (χ4n) is 1.64. The summed E-state index contributed by atoms with van der Waals surface area (Å²) in [6.07, 6.45) is 1.57. The van der Waals surface area contributed by atoms with Crippen LogP contribution in [0.15, 0.2) is 34.0 Å². The number of anilines is 1. The molecule has 0 saturated heterocycles. The smallest absolute Gasteiger partial charge is 0.275 e. The molecule has 0 radical (unpaired) electrons. The number of nitrogens with one attached hydrogen (secondary N) is 1. The summed E-state index contributed by atoms with van der Waals surface area (Å²) in [5, 5.41) is 3.73. The maximum Gasteiger partial charge on any atom is 0.275 e. The van der Waals surface area contributed by atoms with Crippen molar-refractivity contribution in [2.45, 2.75) is 12.1 Å². The lowest BCUT2D eigenvalue weighted by molar-refractivity contribution is 0.102. The van der Waals surface area contributed by atoms with Crippen LogP contribution in [0.3, 0.4) is 0 Å². The molecular weight excluding hydrogens is 390 g/mol. The predicted octanol–water partition coefficient (Wildman–Crippen LogP) is 4.27. The minimum Gasteiger partial charge on any atom is -0.495 e. The number of ether oxygens (including phenoxy) is 1. The van der Waals surface area contributed by atoms with E-state index >= 15 is 0 Å². The van der Waals surface area contributed by atoms with Gasteiger partial charge in [0.15, 0.2) is 5.16 Å². The maximum atomic E-state index is 12.3. The summed E-state index contributed by atoms with van der Waals surface area (Å²) in [7, 11) is 1.53. The Morgan fingerprint density at radius 2 is 2.27 bits per heavy atom. The lowest BCUT2D eigenvalue weighted by Crippen LogP contribution is -2.15. The number of hydrogen-bond acceptors (Lipinski definition) is 5. The molecule has 0 aliphatic carbocycles. The van der Waals surface area contributed by atoms with Crippen molar-refractivity contribution < 1.29 is 9.53 Å². The van der Waals surface area contributed by atoms with Gasteiger partial charge in [-0.05, 0) is 39.9 Å². The summed E-state index contributed by atoms with van der Waals surface area (Å²) >= 11 is 10.8. The number of carbonyl (C=O) groups excluding carboxylic acids is 1. The summed E-state index contributed by atoms with van der Waals surface area (Å²) in [6.45, 7) is 2.00. The van der Waals surface area contributed by atoms with Gasteiger partial charge in [-0.3, -0.25) is 4.79 Å². The molecule has 1 aromatic carbocycles. The van der Waals surface area contributed by atoms with Crippen LogP contribution >= 0.6 is 39.3 Å². The van der Waals surface area contributed by atoms with Gasteiger partial charge in [0.25, 0.3) is 5.91 Å². The molecule has 22 heavy (non-hydrogen) atoms. The minimum absolute atomic E-state index is 0.276. The van der Waals surface area contributed by atoms with Crippen molar-refractivity contribution in [1.29, 1.82) is 0 Å². The summed E-state index contributed by atoms with van der Waals surface area (Å²) in [4.78, 5) is 20.7. The van der Waals surface area contributed by atoms with Crippen molar-refractivity contribution >= 4 is 50.9 Å². The number of halogens is 2. The van der Waals surface area contributed by atoms with Gasteiger partial charge in [-0.2, -0.15) is 0 Å². The summed E-state index contributed by atoms with van der Waals surface area (Å²) in [6, 6.07) is 5.01. The van der Waals surface area contributed by atoms with Gasteiger partial charge in [-0.25, -0.2) is 9.97 Å². The molecule has 8 heteroatoms. The van der Waals surface area contributed by atoms with Crippen LogP contribution < -0.4 is 10.1 Å². The summed E-state index contributed by atoms with van der Waals surface area (Å²) in [5.41, 5.74) is 0.837. The second-order valence-corrected chi connectivity index (χ2v) is 6.58. The fourth-order valence-corrected chi connectivity index (χ4v) is 2.81. The number of nitrogens with zero attached hydrogens (tertiary/aromatic N) is 2. The molecule has 0 aliphatic heterocycles. The Labute approximate surface area is 146 Å². The largest absolute Gasteiger partial charge is 0.495 e. The first-order valence-corrected chi connectivity index (χ1v) is 8.51. The fraction of sp³-hybridized carbons (Fsp3) is 0.214. The molecule has 5 nitrogen and oxygen atoms in total. The van der Waals surface area contributed by atoms with Crippen LogP contribution in [0.25, 0.3) is 0 Å². The van der Waals surface area contributed by atoms with E-state index in [0.29, 0.717) is 26.1 Å². The molecule has 2 rings (SSSR count). The lowest BCUT2D eigenvalue weighted by Gasteiger charge is -2.09. The lowest BCUT2D eigenvalue weighted by atomic mass is 10.3. The van der Waals surface area contributed by atoms with Gasteiger partial charge in [0.1, 0.15) is 11.4 Å². The number of thioether (sulfide) groups is 1. The second-order valence-electron chi connectivity index (χ2n) is 4.09. The SMILES string of the molecule is CCSc1ncc(Br)c(C(=O)Nc2ccc(OC)c(Cl)c2)n1. The van der Waals surface area contributed by atoms with Gasteiger partial charge >= 0.3 is 0 Å². The number of hydrogen-bond donors (Lipinski definition) is 1. The van der Waals surface area contributed by atoms with Crippen LogP contribution in [0.5, 0.6) is 5.75 Å². The van der Waals surface area contributed by atoms with Crippen molar-refractivity contribution in [3.63, 3.8) is 0 Å². The van der Waals surface area contributed by atoms with Gasteiger partial charge in [0, 0.05) is 11.9 Å². The molecule has 0 saturated carbocycles. The Morgan fingerprint density at radius 1 is 1.50 bits per heavy atom. The molecule has 1 heterocycles. The first-order chi connectivity index (χ1) is 10.5. The van der Waals surface area contributed by atoms with E-state index in [0.717, 1.165) is 5.75 Å². The third kappa shape index (κ3) is 4.12.